The Hall–Kier alpha value is -1.76. The molecule has 1 fully saturated rings. The zero-order valence-corrected chi connectivity index (χ0v) is 11.3. The van der Waals surface area contributed by atoms with Crippen LogP contribution >= 0.6 is 0 Å². The van der Waals surface area contributed by atoms with E-state index in [2.05, 4.69) is 0 Å². The molecule has 2 rings (SSSR count). The summed E-state index contributed by atoms with van der Waals surface area (Å²) in [7, 11) is 0. The largest absolute Gasteiger partial charge is 0.492 e. The summed E-state index contributed by atoms with van der Waals surface area (Å²) in [6.07, 6.45) is -2.91. The predicted octanol–water partition coefficient (Wildman–Crippen LogP) is 2.63. The van der Waals surface area contributed by atoms with Gasteiger partial charge in [-0.2, -0.15) is 13.2 Å². The van der Waals surface area contributed by atoms with Gasteiger partial charge in [-0.15, -0.1) is 0 Å². The fraction of sp³-hybridized carbons (Fsp3) is 0.500. The van der Waals surface area contributed by atoms with Crippen molar-refractivity contribution >= 4 is 5.97 Å². The van der Waals surface area contributed by atoms with Gasteiger partial charge in [0.1, 0.15) is 18.4 Å². The molecule has 4 nitrogen and oxygen atoms in total. The van der Waals surface area contributed by atoms with Gasteiger partial charge in [-0.1, -0.05) is 0 Å². The maximum Gasteiger partial charge on any atom is 0.416 e. The van der Waals surface area contributed by atoms with Gasteiger partial charge in [-0.3, -0.25) is 9.69 Å². The van der Waals surface area contributed by atoms with Gasteiger partial charge in [-0.05, 0) is 43.7 Å². The van der Waals surface area contributed by atoms with E-state index in [1.165, 1.54) is 12.1 Å². The number of benzene rings is 1. The maximum atomic E-state index is 12.4. The van der Waals surface area contributed by atoms with Crippen molar-refractivity contribution in [3.63, 3.8) is 0 Å². The number of likely N-dealkylation sites (tertiary alicyclic amines) is 1. The van der Waals surface area contributed by atoms with Gasteiger partial charge in [-0.25, -0.2) is 0 Å². The second-order valence-corrected chi connectivity index (χ2v) is 4.90. The average molecular weight is 303 g/mol. The van der Waals surface area contributed by atoms with Gasteiger partial charge in [0.25, 0.3) is 0 Å². The van der Waals surface area contributed by atoms with Crippen molar-refractivity contribution in [1.29, 1.82) is 0 Å². The zero-order valence-electron chi connectivity index (χ0n) is 11.3. The highest BCUT2D eigenvalue weighted by atomic mass is 19.4. The number of nitrogens with zero attached hydrogens (tertiary/aromatic N) is 1. The van der Waals surface area contributed by atoms with E-state index >= 15 is 0 Å². The number of carbonyl (C=O) groups is 1. The van der Waals surface area contributed by atoms with Crippen LogP contribution in [0.15, 0.2) is 24.3 Å². The number of ether oxygens (including phenoxy) is 1. The number of hydrogen-bond donors (Lipinski definition) is 1. The van der Waals surface area contributed by atoms with Crippen LogP contribution in [0.25, 0.3) is 0 Å². The molecule has 1 aromatic rings. The molecule has 0 aliphatic carbocycles. The highest BCUT2D eigenvalue weighted by Gasteiger charge is 2.31. The molecule has 0 bridgehead atoms. The molecule has 1 heterocycles. The van der Waals surface area contributed by atoms with E-state index in [9.17, 15) is 18.0 Å². The van der Waals surface area contributed by atoms with Gasteiger partial charge in [0.15, 0.2) is 0 Å². The van der Waals surface area contributed by atoms with Crippen LogP contribution in [0.1, 0.15) is 18.4 Å². The quantitative estimate of drug-likeness (QED) is 0.908. The van der Waals surface area contributed by atoms with Crippen LogP contribution in [0.2, 0.25) is 0 Å². The molecule has 0 unspecified atom stereocenters. The van der Waals surface area contributed by atoms with Crippen molar-refractivity contribution < 1.29 is 27.8 Å². The normalized spacial score (nSPS) is 19.7. The SMILES string of the molecule is O=C(O)[C@H]1CCCN1CCOc1ccc(C(F)(F)F)cc1. The van der Waals surface area contributed by atoms with E-state index in [1.807, 2.05) is 4.90 Å². The van der Waals surface area contributed by atoms with E-state index in [0.717, 1.165) is 18.6 Å². The molecule has 1 aromatic carbocycles. The second-order valence-electron chi connectivity index (χ2n) is 4.90. The summed E-state index contributed by atoms with van der Waals surface area (Å²) in [4.78, 5) is 12.8. The third kappa shape index (κ3) is 4.10. The lowest BCUT2D eigenvalue weighted by Crippen LogP contribution is -2.38. The minimum atomic E-state index is -4.36. The minimum Gasteiger partial charge on any atom is -0.492 e. The van der Waals surface area contributed by atoms with Gasteiger partial charge < -0.3 is 9.84 Å². The molecule has 0 saturated carbocycles. The van der Waals surface area contributed by atoms with Crippen LogP contribution in [0, 0.1) is 0 Å². The van der Waals surface area contributed by atoms with Crippen LogP contribution in [0.3, 0.4) is 0 Å². The molecule has 1 N–H and O–H groups in total. The summed E-state index contributed by atoms with van der Waals surface area (Å²) in [6, 6.07) is 3.97. The summed E-state index contributed by atoms with van der Waals surface area (Å²) in [6.45, 7) is 1.39. The first-order valence-electron chi connectivity index (χ1n) is 6.65. The smallest absolute Gasteiger partial charge is 0.416 e. The lowest BCUT2D eigenvalue weighted by atomic mass is 10.2. The number of aliphatic carboxylic acids is 1. The van der Waals surface area contributed by atoms with Crippen LogP contribution < -0.4 is 4.74 Å². The maximum absolute atomic E-state index is 12.4. The Labute approximate surface area is 120 Å². The molecule has 1 atom stereocenters. The highest BCUT2D eigenvalue weighted by molar-refractivity contribution is 5.73. The third-order valence-electron chi connectivity index (χ3n) is 3.48. The molecular weight excluding hydrogens is 287 g/mol. The number of carboxylic acid groups (broad SMARTS) is 1. The Bertz CT molecular complexity index is 487. The summed E-state index contributed by atoms with van der Waals surface area (Å²) in [5, 5.41) is 9.02. The Morgan fingerprint density at radius 1 is 1.33 bits per heavy atom. The molecule has 7 heteroatoms. The lowest BCUT2D eigenvalue weighted by molar-refractivity contribution is -0.142. The van der Waals surface area contributed by atoms with Crippen molar-refractivity contribution in [3.05, 3.63) is 29.8 Å². The van der Waals surface area contributed by atoms with E-state index < -0.39 is 23.8 Å². The Morgan fingerprint density at radius 2 is 2.00 bits per heavy atom. The fourth-order valence-electron chi connectivity index (χ4n) is 2.39. The first kappa shape index (κ1) is 15.6. The standard InChI is InChI=1S/C14H16F3NO3/c15-14(16,17)10-3-5-11(6-4-10)21-9-8-18-7-1-2-12(18)13(19)20/h3-6,12H,1-2,7-9H2,(H,19,20)/t12-/m1/s1. The van der Waals surface area contributed by atoms with Gasteiger partial charge in [0.05, 0.1) is 5.56 Å². The molecule has 0 spiro atoms. The van der Waals surface area contributed by atoms with Crippen molar-refractivity contribution in [2.45, 2.75) is 25.1 Å². The van der Waals surface area contributed by atoms with E-state index in [4.69, 9.17) is 9.84 Å². The predicted molar refractivity (Wildman–Crippen MR) is 69.2 cm³/mol. The molecule has 1 aliphatic heterocycles. The summed E-state index contributed by atoms with van der Waals surface area (Å²) >= 11 is 0. The molecule has 21 heavy (non-hydrogen) atoms. The summed E-state index contributed by atoms with van der Waals surface area (Å²) in [5.41, 5.74) is -0.722. The van der Waals surface area contributed by atoms with Crippen molar-refractivity contribution in [1.82, 2.24) is 4.90 Å². The van der Waals surface area contributed by atoms with Crippen LogP contribution in [-0.4, -0.2) is 41.7 Å². The number of carboxylic acids is 1. The topological polar surface area (TPSA) is 49.8 Å². The average Bonchev–Trinajstić information content (AvgIpc) is 2.87. The summed E-state index contributed by atoms with van der Waals surface area (Å²) < 4.78 is 42.5. The number of halogens is 3. The van der Waals surface area contributed by atoms with Crippen LogP contribution in [0.4, 0.5) is 13.2 Å². The van der Waals surface area contributed by atoms with E-state index in [1.54, 1.807) is 0 Å². The molecule has 116 valence electrons. The van der Waals surface area contributed by atoms with Crippen molar-refractivity contribution in [2.24, 2.45) is 0 Å². The number of hydrogen-bond acceptors (Lipinski definition) is 3. The molecular formula is C14H16F3NO3. The molecule has 1 saturated heterocycles. The second kappa shape index (κ2) is 6.34. The van der Waals surface area contributed by atoms with Crippen molar-refractivity contribution in [3.8, 4) is 5.75 Å². The Balaban J connectivity index is 1.82. The molecule has 0 radical (unpaired) electrons. The van der Waals surface area contributed by atoms with Gasteiger partial charge in [0.2, 0.25) is 0 Å². The van der Waals surface area contributed by atoms with Gasteiger partial charge in [0, 0.05) is 6.54 Å². The van der Waals surface area contributed by atoms with Crippen LogP contribution in [-0.2, 0) is 11.0 Å². The van der Waals surface area contributed by atoms with E-state index in [-0.39, 0.29) is 6.61 Å². The molecule has 1 aliphatic rings. The first-order chi connectivity index (χ1) is 9.88. The monoisotopic (exact) mass is 303 g/mol. The Morgan fingerprint density at radius 3 is 2.57 bits per heavy atom. The van der Waals surface area contributed by atoms with Crippen LogP contribution in [0.5, 0.6) is 5.75 Å². The lowest BCUT2D eigenvalue weighted by Gasteiger charge is -2.20. The number of rotatable bonds is 5. The highest BCUT2D eigenvalue weighted by Crippen LogP contribution is 2.30. The number of alkyl halides is 3. The van der Waals surface area contributed by atoms with E-state index in [0.29, 0.717) is 25.3 Å². The first-order valence-corrected chi connectivity index (χ1v) is 6.65. The van der Waals surface area contributed by atoms with Crippen molar-refractivity contribution in [2.75, 3.05) is 19.7 Å². The fourth-order valence-corrected chi connectivity index (χ4v) is 2.39. The summed E-state index contributed by atoms with van der Waals surface area (Å²) in [5.74, 6) is -0.504. The zero-order chi connectivity index (χ0) is 15.5. The molecule has 0 amide bonds. The third-order valence-corrected chi connectivity index (χ3v) is 3.48. The molecule has 0 aromatic heterocycles. The Kier molecular flexibility index (Phi) is 4.72. The van der Waals surface area contributed by atoms with Gasteiger partial charge >= 0.3 is 12.1 Å². The minimum absolute atomic E-state index is 0.245.